The lowest BCUT2D eigenvalue weighted by Gasteiger charge is -2.21. The van der Waals surface area contributed by atoms with Crippen molar-refractivity contribution >= 4 is 5.78 Å². The molecular weight excluding hydrogens is 148 g/mol. The molecule has 0 bridgehead atoms. The van der Waals surface area contributed by atoms with Gasteiger partial charge in [-0.05, 0) is 44.1 Å². The summed E-state index contributed by atoms with van der Waals surface area (Å²) in [6.07, 6.45) is 8.11. The number of rotatable bonds is 3. The third-order valence-corrected chi connectivity index (χ3v) is 2.60. The summed E-state index contributed by atoms with van der Waals surface area (Å²) in [6.45, 7) is 3.88. The van der Waals surface area contributed by atoms with E-state index in [2.05, 4.69) is 13.0 Å². The highest BCUT2D eigenvalue weighted by Gasteiger charge is 2.19. The third-order valence-electron chi connectivity index (χ3n) is 2.60. The Kier molecular flexibility index (Phi) is 3.51. The zero-order valence-corrected chi connectivity index (χ0v) is 8.10. The van der Waals surface area contributed by atoms with Gasteiger partial charge >= 0.3 is 0 Å². The van der Waals surface area contributed by atoms with Crippen LogP contribution in [0, 0.1) is 5.92 Å². The van der Waals surface area contributed by atoms with Crippen LogP contribution in [0.15, 0.2) is 11.6 Å². The fourth-order valence-corrected chi connectivity index (χ4v) is 2.02. The van der Waals surface area contributed by atoms with Crippen molar-refractivity contribution in [1.29, 1.82) is 0 Å². The Morgan fingerprint density at radius 1 is 1.67 bits per heavy atom. The van der Waals surface area contributed by atoms with Crippen LogP contribution in [-0.2, 0) is 4.79 Å². The summed E-state index contributed by atoms with van der Waals surface area (Å²) in [4.78, 5) is 11.2. The van der Waals surface area contributed by atoms with E-state index in [9.17, 15) is 4.79 Å². The predicted molar refractivity (Wildman–Crippen MR) is 51.0 cm³/mol. The molecule has 1 atom stereocenters. The molecule has 0 aromatic carbocycles. The van der Waals surface area contributed by atoms with Crippen LogP contribution in [0.5, 0.6) is 0 Å². The van der Waals surface area contributed by atoms with Gasteiger partial charge in [0.05, 0.1) is 0 Å². The average Bonchev–Trinajstić information content (AvgIpc) is 2.05. The van der Waals surface area contributed by atoms with E-state index < -0.39 is 0 Å². The van der Waals surface area contributed by atoms with Gasteiger partial charge in [0.2, 0.25) is 0 Å². The fraction of sp³-hybridized carbons (Fsp3) is 0.727. The Labute approximate surface area is 74.9 Å². The van der Waals surface area contributed by atoms with Crippen LogP contribution >= 0.6 is 0 Å². The number of hydrogen-bond acceptors (Lipinski definition) is 1. The van der Waals surface area contributed by atoms with Crippen LogP contribution in [-0.4, -0.2) is 5.78 Å². The Morgan fingerprint density at radius 2 is 2.42 bits per heavy atom. The number of Topliss-reactive ketones (excluding diaryl/α,β-unsaturated/α-hetero) is 1. The molecular formula is C11H18O. The second kappa shape index (κ2) is 4.44. The summed E-state index contributed by atoms with van der Waals surface area (Å²) in [6, 6.07) is 0. The minimum absolute atomic E-state index is 0.285. The van der Waals surface area contributed by atoms with Crippen LogP contribution in [0.3, 0.4) is 0 Å². The van der Waals surface area contributed by atoms with Gasteiger partial charge in [-0.15, -0.1) is 0 Å². The first kappa shape index (κ1) is 9.50. The van der Waals surface area contributed by atoms with Gasteiger partial charge in [0.1, 0.15) is 0 Å². The molecule has 0 radical (unpaired) electrons. The quantitative estimate of drug-likeness (QED) is 0.629. The Balaban J connectivity index is 2.64. The number of ketones is 1. The zero-order chi connectivity index (χ0) is 8.97. The standard InChI is InChI=1S/C11H18O/c1-3-6-10-7-4-5-8-11(10)9(2)12/h8,10H,3-7H2,1-2H3. The molecule has 1 aliphatic rings. The molecule has 1 heteroatoms. The molecule has 0 fully saturated rings. The topological polar surface area (TPSA) is 17.1 Å². The maximum atomic E-state index is 11.2. The molecule has 0 saturated carbocycles. The molecule has 1 nitrogen and oxygen atoms in total. The van der Waals surface area contributed by atoms with E-state index in [4.69, 9.17) is 0 Å². The van der Waals surface area contributed by atoms with E-state index in [1.807, 2.05) is 0 Å². The molecule has 0 saturated heterocycles. The highest BCUT2D eigenvalue weighted by atomic mass is 16.1. The highest BCUT2D eigenvalue weighted by molar-refractivity contribution is 5.93. The van der Waals surface area contributed by atoms with Crippen molar-refractivity contribution in [2.45, 2.75) is 46.0 Å². The monoisotopic (exact) mass is 166 g/mol. The smallest absolute Gasteiger partial charge is 0.155 e. The normalized spacial score (nSPS) is 23.5. The second-order valence-electron chi connectivity index (χ2n) is 3.63. The lowest BCUT2D eigenvalue weighted by Crippen LogP contribution is -2.14. The van der Waals surface area contributed by atoms with Crippen LogP contribution in [0.1, 0.15) is 46.0 Å². The summed E-state index contributed by atoms with van der Waals surface area (Å²) in [5, 5.41) is 0. The van der Waals surface area contributed by atoms with Gasteiger partial charge < -0.3 is 0 Å². The van der Waals surface area contributed by atoms with Crippen molar-refractivity contribution in [2.24, 2.45) is 5.92 Å². The molecule has 0 aromatic heterocycles. The van der Waals surface area contributed by atoms with Crippen molar-refractivity contribution in [3.05, 3.63) is 11.6 Å². The van der Waals surface area contributed by atoms with Crippen molar-refractivity contribution in [2.75, 3.05) is 0 Å². The van der Waals surface area contributed by atoms with Crippen molar-refractivity contribution < 1.29 is 4.79 Å². The molecule has 0 amide bonds. The lowest BCUT2D eigenvalue weighted by atomic mass is 9.83. The molecule has 0 aliphatic heterocycles. The molecule has 0 aromatic rings. The van der Waals surface area contributed by atoms with Gasteiger partial charge in [-0.2, -0.15) is 0 Å². The average molecular weight is 166 g/mol. The third kappa shape index (κ3) is 2.20. The Bertz CT molecular complexity index is 191. The van der Waals surface area contributed by atoms with E-state index in [-0.39, 0.29) is 5.78 Å². The SMILES string of the molecule is CCCC1CCCC=C1C(C)=O. The van der Waals surface area contributed by atoms with Crippen LogP contribution in [0.4, 0.5) is 0 Å². The molecule has 12 heavy (non-hydrogen) atoms. The molecule has 0 heterocycles. The first-order valence-corrected chi connectivity index (χ1v) is 4.96. The number of allylic oxidation sites excluding steroid dienone is 2. The van der Waals surface area contributed by atoms with Gasteiger partial charge in [-0.25, -0.2) is 0 Å². The van der Waals surface area contributed by atoms with E-state index in [1.54, 1.807) is 6.92 Å². The van der Waals surface area contributed by atoms with Gasteiger partial charge in [-0.1, -0.05) is 19.4 Å². The van der Waals surface area contributed by atoms with Gasteiger partial charge in [0, 0.05) is 0 Å². The summed E-state index contributed by atoms with van der Waals surface area (Å²) in [5.74, 6) is 0.856. The van der Waals surface area contributed by atoms with Crippen molar-refractivity contribution in [3.8, 4) is 0 Å². The molecule has 0 spiro atoms. The molecule has 68 valence electrons. The van der Waals surface area contributed by atoms with E-state index in [0.717, 1.165) is 12.0 Å². The van der Waals surface area contributed by atoms with Gasteiger partial charge in [-0.3, -0.25) is 4.79 Å². The largest absolute Gasteiger partial charge is 0.295 e. The first-order valence-electron chi connectivity index (χ1n) is 4.96. The first-order chi connectivity index (χ1) is 5.75. The van der Waals surface area contributed by atoms with E-state index >= 15 is 0 Å². The van der Waals surface area contributed by atoms with E-state index in [1.165, 1.54) is 25.7 Å². The summed E-state index contributed by atoms with van der Waals surface area (Å²) in [7, 11) is 0. The van der Waals surface area contributed by atoms with Gasteiger partial charge in [0.25, 0.3) is 0 Å². The molecule has 0 N–H and O–H groups in total. The summed E-state index contributed by atoms with van der Waals surface area (Å²) in [5.41, 5.74) is 1.10. The number of carbonyl (C=O) groups is 1. The van der Waals surface area contributed by atoms with E-state index in [0.29, 0.717) is 5.92 Å². The van der Waals surface area contributed by atoms with Crippen LogP contribution < -0.4 is 0 Å². The lowest BCUT2D eigenvalue weighted by molar-refractivity contribution is -0.114. The number of hydrogen-bond donors (Lipinski definition) is 0. The highest BCUT2D eigenvalue weighted by Crippen LogP contribution is 2.28. The molecule has 1 unspecified atom stereocenters. The summed E-state index contributed by atoms with van der Waals surface area (Å²) < 4.78 is 0. The molecule has 1 rings (SSSR count). The summed E-state index contributed by atoms with van der Waals surface area (Å²) >= 11 is 0. The zero-order valence-electron chi connectivity index (χ0n) is 8.10. The van der Waals surface area contributed by atoms with Crippen LogP contribution in [0.2, 0.25) is 0 Å². The van der Waals surface area contributed by atoms with Crippen LogP contribution in [0.25, 0.3) is 0 Å². The minimum Gasteiger partial charge on any atom is -0.295 e. The maximum absolute atomic E-state index is 11.2. The molecule has 1 aliphatic carbocycles. The minimum atomic E-state index is 0.285. The Morgan fingerprint density at radius 3 is 3.00 bits per heavy atom. The fourth-order valence-electron chi connectivity index (χ4n) is 2.02. The van der Waals surface area contributed by atoms with Crippen molar-refractivity contribution in [3.63, 3.8) is 0 Å². The maximum Gasteiger partial charge on any atom is 0.155 e. The predicted octanol–water partition coefficient (Wildman–Crippen LogP) is 3.10. The number of carbonyl (C=O) groups excluding carboxylic acids is 1. The Hall–Kier alpha value is -0.590. The van der Waals surface area contributed by atoms with Crippen molar-refractivity contribution in [1.82, 2.24) is 0 Å². The second-order valence-corrected chi connectivity index (χ2v) is 3.63. The van der Waals surface area contributed by atoms with Gasteiger partial charge in [0.15, 0.2) is 5.78 Å².